The summed E-state index contributed by atoms with van der Waals surface area (Å²) in [5.41, 5.74) is -0.855. The van der Waals surface area contributed by atoms with Gasteiger partial charge in [0.05, 0.1) is 23.7 Å². The maximum Gasteiger partial charge on any atom is 0.329 e. The predicted octanol–water partition coefficient (Wildman–Crippen LogP) is 7.10. The van der Waals surface area contributed by atoms with Crippen molar-refractivity contribution < 1.29 is 32.6 Å². The van der Waals surface area contributed by atoms with Crippen molar-refractivity contribution in [3.8, 4) is 5.88 Å². The molecule has 4 atom stereocenters. The third kappa shape index (κ3) is 7.57. The van der Waals surface area contributed by atoms with Crippen LogP contribution in [-0.2, 0) is 31.3 Å². The molecule has 1 aromatic carbocycles. The van der Waals surface area contributed by atoms with Crippen LogP contribution in [-0.4, -0.2) is 75.7 Å². The van der Waals surface area contributed by atoms with Gasteiger partial charge in [-0.25, -0.2) is 24.1 Å². The van der Waals surface area contributed by atoms with Crippen LogP contribution in [0.2, 0.25) is 5.02 Å². The number of likely N-dealkylation sites (tertiary alicyclic amines) is 1. The quantitative estimate of drug-likeness (QED) is 0.0902. The Morgan fingerprint density at radius 2 is 1.96 bits per heavy atom. The molecule has 5 heterocycles. The molecular weight excluding hydrogens is 677 g/mol. The minimum Gasteiger partial charge on any atom is -0.472 e. The van der Waals surface area contributed by atoms with Crippen LogP contribution >= 0.6 is 11.6 Å². The van der Waals surface area contributed by atoms with Crippen molar-refractivity contribution in [3.05, 3.63) is 78.2 Å². The Bertz CT molecular complexity index is 1960. The first kappa shape index (κ1) is 36.2. The van der Waals surface area contributed by atoms with E-state index in [2.05, 4.69) is 18.1 Å². The van der Waals surface area contributed by atoms with Gasteiger partial charge in [0.15, 0.2) is 17.2 Å². The fraction of sp³-hybridized carbons (Fsp3) is 0.447. The summed E-state index contributed by atoms with van der Waals surface area (Å²) in [6.07, 6.45) is 4.36. The Labute approximate surface area is 301 Å². The second-order valence-corrected chi connectivity index (χ2v) is 14.5. The van der Waals surface area contributed by atoms with Crippen LogP contribution < -0.4 is 9.64 Å². The highest BCUT2D eigenvalue weighted by atomic mass is 35.5. The van der Waals surface area contributed by atoms with Crippen LogP contribution in [0.4, 0.5) is 10.2 Å². The fourth-order valence-corrected chi connectivity index (χ4v) is 6.95. The van der Waals surface area contributed by atoms with Crippen molar-refractivity contribution in [1.82, 2.24) is 19.9 Å². The Morgan fingerprint density at radius 3 is 2.69 bits per heavy atom. The van der Waals surface area contributed by atoms with Crippen LogP contribution in [0.5, 0.6) is 5.88 Å². The number of halogens is 2. The highest BCUT2D eigenvalue weighted by Crippen LogP contribution is 2.46. The number of alkyl halides is 1. The number of anilines is 1. The number of hydrogen-bond donors (Lipinski definition) is 0. The number of piperidine rings is 1. The molecule has 13 heteroatoms. The Morgan fingerprint density at radius 1 is 1.18 bits per heavy atom. The molecule has 4 aromatic rings. The van der Waals surface area contributed by atoms with E-state index < -0.39 is 35.3 Å². The topological polar surface area (TPSA) is 120 Å². The summed E-state index contributed by atoms with van der Waals surface area (Å²) in [7, 11) is 0. The molecule has 0 saturated carbocycles. The van der Waals surface area contributed by atoms with Gasteiger partial charge >= 0.3 is 5.97 Å². The number of furan rings is 1. The number of para-hydroxylation sites is 1. The summed E-state index contributed by atoms with van der Waals surface area (Å²) >= 11 is 6.39. The van der Waals surface area contributed by atoms with E-state index in [4.69, 9.17) is 40.2 Å². The second kappa shape index (κ2) is 14.6. The zero-order valence-electron chi connectivity index (χ0n) is 29.4. The summed E-state index contributed by atoms with van der Waals surface area (Å²) in [4.78, 5) is 44.0. The van der Waals surface area contributed by atoms with Gasteiger partial charge in [0.2, 0.25) is 11.8 Å². The third-order valence-electron chi connectivity index (χ3n) is 9.17. The largest absolute Gasteiger partial charge is 0.472 e. The van der Waals surface area contributed by atoms with E-state index in [1.54, 1.807) is 49.6 Å². The number of aromatic nitrogens is 3. The molecule has 2 aliphatic heterocycles. The highest BCUT2D eigenvalue weighted by Gasteiger charge is 2.47. The van der Waals surface area contributed by atoms with E-state index in [1.165, 1.54) is 12.3 Å². The fourth-order valence-electron chi connectivity index (χ4n) is 6.79. The number of carbonyl (C=O) groups excluding carboxylic acids is 2. The lowest BCUT2D eigenvalue weighted by molar-refractivity contribution is -0.156. The molecule has 2 saturated heterocycles. The monoisotopic (exact) mass is 719 g/mol. The molecule has 0 bridgehead atoms. The van der Waals surface area contributed by atoms with E-state index in [-0.39, 0.29) is 67.9 Å². The number of benzene rings is 1. The number of pyridine rings is 1. The molecule has 0 aliphatic carbocycles. The average Bonchev–Trinajstić information content (AvgIpc) is 3.68. The van der Waals surface area contributed by atoms with Gasteiger partial charge in [-0.2, -0.15) is 0 Å². The lowest BCUT2D eigenvalue weighted by Gasteiger charge is -2.42. The van der Waals surface area contributed by atoms with Crippen LogP contribution in [0.15, 0.2) is 66.3 Å². The molecule has 3 aromatic heterocycles. The zero-order chi connectivity index (χ0) is 36.5. The van der Waals surface area contributed by atoms with Crippen molar-refractivity contribution in [2.45, 2.75) is 77.0 Å². The predicted molar refractivity (Wildman–Crippen MR) is 192 cm³/mol. The lowest BCUT2D eigenvalue weighted by Crippen LogP contribution is -2.49. The molecule has 0 spiro atoms. The van der Waals surface area contributed by atoms with Crippen molar-refractivity contribution in [2.24, 2.45) is 5.92 Å². The lowest BCUT2D eigenvalue weighted by atomic mass is 9.78. The van der Waals surface area contributed by atoms with Gasteiger partial charge in [0.1, 0.15) is 41.1 Å². The highest BCUT2D eigenvalue weighted by molar-refractivity contribution is 6.30. The summed E-state index contributed by atoms with van der Waals surface area (Å²) in [5, 5.41) is 1.04. The zero-order valence-corrected chi connectivity index (χ0v) is 30.1. The van der Waals surface area contributed by atoms with Crippen molar-refractivity contribution >= 4 is 51.4 Å². The number of carbonyl (C=O) groups is 2. The number of rotatable bonds is 11. The maximum absolute atomic E-state index is 17.1. The van der Waals surface area contributed by atoms with Crippen LogP contribution in [0.25, 0.3) is 22.1 Å². The number of fused-ring (bicyclic) bond motifs is 3. The van der Waals surface area contributed by atoms with Crippen LogP contribution in [0.3, 0.4) is 0 Å². The van der Waals surface area contributed by atoms with E-state index >= 15 is 4.39 Å². The number of ether oxygens (including phenoxy) is 3. The van der Waals surface area contributed by atoms with Gasteiger partial charge < -0.3 is 28.4 Å². The molecule has 0 unspecified atom stereocenters. The van der Waals surface area contributed by atoms with Gasteiger partial charge in [-0.15, -0.1) is 13.2 Å². The Balaban J connectivity index is 1.37. The third-order valence-corrected chi connectivity index (χ3v) is 9.37. The first-order chi connectivity index (χ1) is 24.3. The minimum absolute atomic E-state index is 0.0361. The van der Waals surface area contributed by atoms with Crippen molar-refractivity contribution in [3.63, 3.8) is 0 Å². The molecule has 0 N–H and O–H groups in total. The van der Waals surface area contributed by atoms with Gasteiger partial charge in [-0.05, 0) is 39.0 Å². The second-order valence-electron chi connectivity index (χ2n) is 14.1. The normalized spacial score (nSPS) is 22.4. The first-order valence-corrected chi connectivity index (χ1v) is 17.5. The molecule has 6 rings (SSSR count). The molecule has 0 radical (unpaired) electrons. The summed E-state index contributed by atoms with van der Waals surface area (Å²) in [6.45, 7) is 15.5. The van der Waals surface area contributed by atoms with Crippen molar-refractivity contribution in [2.75, 3.05) is 31.1 Å². The molecule has 1 amide bonds. The van der Waals surface area contributed by atoms with Gasteiger partial charge in [0.25, 0.3) is 0 Å². The SMILES string of the molecule is C=CCOCc1nc(N2C[C@@H](Oc3ncc(Cl)cc3[C@@]3(F)CCN(C(=O)CC=C)C[C@@H]3C)C[C@H]2C(=O)OC(C)(C)C)c2oc3ccccc3c2n1. The van der Waals surface area contributed by atoms with Gasteiger partial charge in [-0.1, -0.05) is 42.8 Å². The Hall–Kier alpha value is -4.55. The van der Waals surface area contributed by atoms with Gasteiger partial charge in [0, 0.05) is 49.9 Å². The van der Waals surface area contributed by atoms with E-state index in [0.29, 0.717) is 34.9 Å². The molecule has 270 valence electrons. The number of esters is 1. The average molecular weight is 720 g/mol. The molecular formula is C38H43ClFN5O6. The number of amides is 1. The molecule has 2 fully saturated rings. The molecule has 2 aliphatic rings. The van der Waals surface area contributed by atoms with Crippen LogP contribution in [0.1, 0.15) is 58.3 Å². The van der Waals surface area contributed by atoms with E-state index in [9.17, 15) is 9.59 Å². The molecule has 11 nitrogen and oxygen atoms in total. The smallest absolute Gasteiger partial charge is 0.329 e. The summed E-state index contributed by atoms with van der Waals surface area (Å²) < 4.78 is 41.6. The standard InChI is InChI=1S/C38H43ClFN5O6/c1-7-11-31(46)44-15-14-38(40,23(3)20-44)27-17-24(39)19-41-35(27)49-25-18-28(36(47)51-37(4,5)6)45(21-25)34-33-32(26-12-9-10-13-29(26)50-33)42-30(43-34)22-48-16-8-2/h7-10,12-13,17,19,23,25,28H,1-2,11,14-16,18,20-22H2,3-6H3/t23-,25-,28-,38+/m0/s1. The summed E-state index contributed by atoms with van der Waals surface area (Å²) in [6, 6.07) is 8.22. The van der Waals surface area contributed by atoms with Crippen molar-refractivity contribution in [1.29, 1.82) is 0 Å². The summed E-state index contributed by atoms with van der Waals surface area (Å²) in [5.74, 6) is -0.307. The first-order valence-electron chi connectivity index (χ1n) is 17.1. The minimum atomic E-state index is -1.88. The van der Waals surface area contributed by atoms with Crippen LogP contribution in [0, 0.1) is 5.92 Å². The van der Waals surface area contributed by atoms with E-state index in [1.807, 2.05) is 24.3 Å². The number of nitrogens with zero attached hydrogens (tertiary/aromatic N) is 5. The van der Waals surface area contributed by atoms with Gasteiger partial charge in [-0.3, -0.25) is 4.79 Å². The number of hydrogen-bond acceptors (Lipinski definition) is 10. The Kier molecular flexibility index (Phi) is 10.4. The molecule has 51 heavy (non-hydrogen) atoms. The maximum atomic E-state index is 17.1. The van der Waals surface area contributed by atoms with E-state index in [0.717, 1.165) is 5.39 Å².